The Morgan fingerprint density at radius 3 is 1.93 bits per heavy atom. The van der Waals surface area contributed by atoms with Crippen molar-refractivity contribution in [3.63, 3.8) is 0 Å². The van der Waals surface area contributed by atoms with Gasteiger partial charge in [-0.2, -0.15) is 0 Å². The summed E-state index contributed by atoms with van der Waals surface area (Å²) in [7, 11) is 0. The van der Waals surface area contributed by atoms with Crippen LogP contribution in [0, 0.1) is 19.3 Å². The number of allylic oxidation sites excluding steroid dienone is 2. The van der Waals surface area contributed by atoms with E-state index in [9.17, 15) is 0 Å². The first-order valence-corrected chi connectivity index (χ1v) is 5.57. The molecule has 1 rings (SSSR count). The molecule has 0 radical (unpaired) electrons. The van der Waals surface area contributed by atoms with Crippen molar-refractivity contribution >= 4 is 5.57 Å². The third-order valence-electron chi connectivity index (χ3n) is 2.52. The van der Waals surface area contributed by atoms with Gasteiger partial charge in [-0.05, 0) is 48.4 Å². The standard InChI is InChI=1S/C15H22/c1-11-8-7-9-12(2)14(11)13(3)10-15(4,5)6/h7-10H,1-6H3. The molecule has 0 fully saturated rings. The molecular weight excluding hydrogens is 180 g/mol. The molecule has 0 heteroatoms. The van der Waals surface area contributed by atoms with E-state index in [2.05, 4.69) is 65.8 Å². The van der Waals surface area contributed by atoms with Crippen molar-refractivity contribution in [2.75, 3.05) is 0 Å². The van der Waals surface area contributed by atoms with Crippen LogP contribution >= 0.6 is 0 Å². The number of hydrogen-bond acceptors (Lipinski definition) is 0. The van der Waals surface area contributed by atoms with Crippen molar-refractivity contribution in [1.82, 2.24) is 0 Å². The molecule has 0 heterocycles. The molecule has 0 aromatic heterocycles. The predicted octanol–water partition coefficient (Wildman–Crippen LogP) is 4.75. The number of benzene rings is 1. The zero-order valence-corrected chi connectivity index (χ0v) is 10.8. The number of rotatable bonds is 1. The molecule has 0 aliphatic rings. The van der Waals surface area contributed by atoms with E-state index in [4.69, 9.17) is 0 Å². The van der Waals surface area contributed by atoms with Gasteiger partial charge in [-0.25, -0.2) is 0 Å². The molecule has 0 amide bonds. The molecule has 0 saturated carbocycles. The average molecular weight is 202 g/mol. The van der Waals surface area contributed by atoms with Gasteiger partial charge >= 0.3 is 0 Å². The second-order valence-corrected chi connectivity index (χ2v) is 5.46. The Bertz CT molecular complexity index is 355. The van der Waals surface area contributed by atoms with Crippen molar-refractivity contribution in [1.29, 1.82) is 0 Å². The van der Waals surface area contributed by atoms with Crippen molar-refractivity contribution < 1.29 is 0 Å². The van der Waals surface area contributed by atoms with Crippen LogP contribution in [0.25, 0.3) is 5.57 Å². The minimum absolute atomic E-state index is 0.249. The number of aryl methyl sites for hydroxylation is 2. The Balaban J connectivity index is 3.23. The highest BCUT2D eigenvalue weighted by atomic mass is 14.1. The summed E-state index contributed by atoms with van der Waals surface area (Å²) in [4.78, 5) is 0. The molecule has 0 saturated heterocycles. The molecule has 1 aromatic carbocycles. The summed E-state index contributed by atoms with van der Waals surface area (Å²) in [6.45, 7) is 13.3. The van der Waals surface area contributed by atoms with E-state index >= 15 is 0 Å². The lowest BCUT2D eigenvalue weighted by Crippen LogP contribution is -2.01. The van der Waals surface area contributed by atoms with Crippen molar-refractivity contribution in [2.45, 2.75) is 41.5 Å². The SMILES string of the molecule is CC(=CC(C)(C)C)c1c(C)cccc1C. The van der Waals surface area contributed by atoms with Gasteiger partial charge in [-0.3, -0.25) is 0 Å². The van der Waals surface area contributed by atoms with Crippen LogP contribution in [0.1, 0.15) is 44.4 Å². The quantitative estimate of drug-likeness (QED) is 0.616. The fraction of sp³-hybridized carbons (Fsp3) is 0.467. The molecule has 0 unspecified atom stereocenters. The second kappa shape index (κ2) is 4.22. The Morgan fingerprint density at radius 2 is 1.53 bits per heavy atom. The van der Waals surface area contributed by atoms with Crippen LogP contribution in [0.3, 0.4) is 0 Å². The molecule has 0 aliphatic heterocycles. The van der Waals surface area contributed by atoms with Gasteiger partial charge in [-0.1, -0.05) is 45.0 Å². The molecule has 15 heavy (non-hydrogen) atoms. The Morgan fingerprint density at radius 1 is 1.07 bits per heavy atom. The molecule has 0 aliphatic carbocycles. The average Bonchev–Trinajstić information content (AvgIpc) is 1.99. The first-order valence-electron chi connectivity index (χ1n) is 5.57. The first-order chi connectivity index (χ1) is 6.81. The maximum atomic E-state index is 2.35. The van der Waals surface area contributed by atoms with Crippen LogP contribution in [-0.2, 0) is 0 Å². The topological polar surface area (TPSA) is 0 Å². The van der Waals surface area contributed by atoms with Crippen molar-refractivity contribution in [2.24, 2.45) is 5.41 Å². The highest BCUT2D eigenvalue weighted by Crippen LogP contribution is 2.27. The second-order valence-electron chi connectivity index (χ2n) is 5.46. The van der Waals surface area contributed by atoms with Gasteiger partial charge in [0.1, 0.15) is 0 Å². The van der Waals surface area contributed by atoms with Crippen LogP contribution < -0.4 is 0 Å². The highest BCUT2D eigenvalue weighted by Gasteiger charge is 2.09. The van der Waals surface area contributed by atoms with Crippen molar-refractivity contribution in [3.8, 4) is 0 Å². The molecule has 0 atom stereocenters. The normalized spacial score (nSPS) is 13.1. The predicted molar refractivity (Wildman–Crippen MR) is 69.0 cm³/mol. The lowest BCUT2D eigenvalue weighted by Gasteiger charge is -2.17. The van der Waals surface area contributed by atoms with Crippen LogP contribution in [-0.4, -0.2) is 0 Å². The fourth-order valence-corrected chi connectivity index (χ4v) is 2.16. The highest BCUT2D eigenvalue weighted by molar-refractivity contribution is 5.69. The summed E-state index contributed by atoms with van der Waals surface area (Å²) in [5, 5.41) is 0. The van der Waals surface area contributed by atoms with E-state index in [1.54, 1.807) is 0 Å². The van der Waals surface area contributed by atoms with Crippen LogP contribution in [0.2, 0.25) is 0 Å². The molecule has 1 aromatic rings. The van der Waals surface area contributed by atoms with E-state index in [-0.39, 0.29) is 5.41 Å². The Hall–Kier alpha value is -1.04. The van der Waals surface area contributed by atoms with Gasteiger partial charge in [0.15, 0.2) is 0 Å². The van der Waals surface area contributed by atoms with Gasteiger partial charge in [0.05, 0.1) is 0 Å². The summed E-state index contributed by atoms with van der Waals surface area (Å²) in [6.07, 6.45) is 2.35. The summed E-state index contributed by atoms with van der Waals surface area (Å²) in [5.41, 5.74) is 5.78. The first kappa shape index (κ1) is 12.0. The monoisotopic (exact) mass is 202 g/mol. The zero-order chi connectivity index (χ0) is 11.6. The lowest BCUT2D eigenvalue weighted by atomic mass is 9.89. The van der Waals surface area contributed by atoms with Crippen LogP contribution in [0.15, 0.2) is 24.3 Å². The molecule has 0 bridgehead atoms. The van der Waals surface area contributed by atoms with Gasteiger partial charge in [0, 0.05) is 0 Å². The number of hydrogen-bond donors (Lipinski definition) is 0. The molecule has 0 nitrogen and oxygen atoms in total. The Kier molecular flexibility index (Phi) is 3.38. The van der Waals surface area contributed by atoms with Gasteiger partial charge in [-0.15, -0.1) is 0 Å². The maximum absolute atomic E-state index is 2.35. The van der Waals surface area contributed by atoms with E-state index in [0.717, 1.165) is 0 Å². The minimum atomic E-state index is 0.249. The van der Waals surface area contributed by atoms with E-state index in [0.29, 0.717) is 0 Å². The van der Waals surface area contributed by atoms with E-state index in [1.807, 2.05) is 0 Å². The summed E-state index contributed by atoms with van der Waals surface area (Å²) >= 11 is 0. The third-order valence-corrected chi connectivity index (χ3v) is 2.52. The fourth-order valence-electron chi connectivity index (χ4n) is 2.16. The van der Waals surface area contributed by atoms with E-state index in [1.165, 1.54) is 22.3 Å². The summed E-state index contributed by atoms with van der Waals surface area (Å²) < 4.78 is 0. The molecule has 0 N–H and O–H groups in total. The van der Waals surface area contributed by atoms with Crippen LogP contribution in [0.5, 0.6) is 0 Å². The summed E-state index contributed by atoms with van der Waals surface area (Å²) in [6, 6.07) is 6.49. The molecular formula is C15H22. The lowest BCUT2D eigenvalue weighted by molar-refractivity contribution is 0.545. The third kappa shape index (κ3) is 3.23. The molecule has 82 valence electrons. The maximum Gasteiger partial charge on any atom is -0.0172 e. The van der Waals surface area contributed by atoms with Gasteiger partial charge in [0.2, 0.25) is 0 Å². The Labute approximate surface area is 94.0 Å². The van der Waals surface area contributed by atoms with Gasteiger partial charge < -0.3 is 0 Å². The smallest absolute Gasteiger partial charge is 0.0172 e. The summed E-state index contributed by atoms with van der Waals surface area (Å²) in [5.74, 6) is 0. The van der Waals surface area contributed by atoms with Crippen LogP contribution in [0.4, 0.5) is 0 Å². The zero-order valence-electron chi connectivity index (χ0n) is 10.8. The largest absolute Gasteiger partial charge is 0.0756 e. The minimum Gasteiger partial charge on any atom is -0.0756 e. The van der Waals surface area contributed by atoms with E-state index < -0.39 is 0 Å². The molecule has 0 spiro atoms. The van der Waals surface area contributed by atoms with Crippen molar-refractivity contribution in [3.05, 3.63) is 41.0 Å². The van der Waals surface area contributed by atoms with Gasteiger partial charge in [0.25, 0.3) is 0 Å².